The van der Waals surface area contributed by atoms with Crippen LogP contribution in [0.1, 0.15) is 18.4 Å². The standard InChI is InChI=1S/C22H22Cl2FNO2S/c23-19-4-3-16(22(24)13-19)9-10-26(14-18-12-15-1-2-17(18)11-15)29(27,28)21-7-5-20(25)6-8-21/h1-8,13,15,17-18H,9-12,14H2. The summed E-state index contributed by atoms with van der Waals surface area (Å²) in [5, 5.41) is 1.07. The molecule has 0 heterocycles. The van der Waals surface area contributed by atoms with E-state index in [2.05, 4.69) is 12.2 Å². The largest absolute Gasteiger partial charge is 0.243 e. The monoisotopic (exact) mass is 453 g/mol. The highest BCUT2D eigenvalue weighted by Gasteiger charge is 2.38. The van der Waals surface area contributed by atoms with Crippen molar-refractivity contribution in [3.8, 4) is 0 Å². The average molecular weight is 454 g/mol. The van der Waals surface area contributed by atoms with Crippen LogP contribution in [0.4, 0.5) is 4.39 Å². The highest BCUT2D eigenvalue weighted by molar-refractivity contribution is 7.89. The molecule has 3 atom stereocenters. The normalized spacial score (nSPS) is 23.2. The van der Waals surface area contributed by atoms with Gasteiger partial charge in [-0.2, -0.15) is 4.31 Å². The lowest BCUT2D eigenvalue weighted by Crippen LogP contribution is -2.38. The summed E-state index contributed by atoms with van der Waals surface area (Å²) in [6, 6.07) is 10.3. The summed E-state index contributed by atoms with van der Waals surface area (Å²) in [6.45, 7) is 0.759. The predicted molar refractivity (Wildman–Crippen MR) is 114 cm³/mol. The maximum absolute atomic E-state index is 13.3. The Balaban J connectivity index is 1.58. The molecule has 1 saturated carbocycles. The molecule has 2 aliphatic rings. The van der Waals surface area contributed by atoms with E-state index in [1.807, 2.05) is 6.07 Å². The third-order valence-corrected chi connectivity index (χ3v) is 8.42. The Morgan fingerprint density at radius 1 is 1.03 bits per heavy atom. The van der Waals surface area contributed by atoms with E-state index in [9.17, 15) is 12.8 Å². The molecule has 0 spiro atoms. The number of rotatable bonds is 7. The quantitative estimate of drug-likeness (QED) is 0.513. The van der Waals surface area contributed by atoms with Crippen LogP contribution in [-0.4, -0.2) is 25.8 Å². The Morgan fingerprint density at radius 3 is 2.41 bits per heavy atom. The number of nitrogens with zero attached hydrogens (tertiary/aromatic N) is 1. The number of hydrogen-bond acceptors (Lipinski definition) is 2. The Kier molecular flexibility index (Phi) is 6.03. The molecule has 0 amide bonds. The fourth-order valence-electron chi connectivity index (χ4n) is 4.40. The number of fused-ring (bicyclic) bond motifs is 2. The lowest BCUT2D eigenvalue weighted by Gasteiger charge is -2.28. The van der Waals surface area contributed by atoms with Gasteiger partial charge in [-0.15, -0.1) is 0 Å². The van der Waals surface area contributed by atoms with Gasteiger partial charge in [0.15, 0.2) is 0 Å². The van der Waals surface area contributed by atoms with Gasteiger partial charge in [-0.25, -0.2) is 12.8 Å². The van der Waals surface area contributed by atoms with Crippen molar-refractivity contribution in [2.75, 3.05) is 13.1 Å². The van der Waals surface area contributed by atoms with Crippen molar-refractivity contribution >= 4 is 33.2 Å². The Hall–Kier alpha value is -1.40. The molecule has 3 nitrogen and oxygen atoms in total. The minimum atomic E-state index is -3.74. The van der Waals surface area contributed by atoms with E-state index in [4.69, 9.17) is 23.2 Å². The van der Waals surface area contributed by atoms with Crippen LogP contribution in [0.3, 0.4) is 0 Å². The molecule has 0 aromatic heterocycles. The lowest BCUT2D eigenvalue weighted by atomic mass is 9.93. The van der Waals surface area contributed by atoms with E-state index >= 15 is 0 Å². The molecule has 2 aromatic rings. The van der Waals surface area contributed by atoms with Gasteiger partial charge >= 0.3 is 0 Å². The summed E-state index contributed by atoms with van der Waals surface area (Å²) >= 11 is 12.2. The summed E-state index contributed by atoms with van der Waals surface area (Å²) in [5.41, 5.74) is 0.850. The van der Waals surface area contributed by atoms with Crippen molar-refractivity contribution in [3.05, 3.63) is 76.0 Å². The lowest BCUT2D eigenvalue weighted by molar-refractivity contribution is 0.314. The van der Waals surface area contributed by atoms with Gasteiger partial charge in [-0.1, -0.05) is 41.4 Å². The minimum absolute atomic E-state index is 0.111. The molecular weight excluding hydrogens is 432 g/mol. The second-order valence-electron chi connectivity index (χ2n) is 7.84. The molecule has 0 saturated heterocycles. The molecule has 2 aliphatic carbocycles. The van der Waals surface area contributed by atoms with Crippen molar-refractivity contribution in [3.63, 3.8) is 0 Å². The van der Waals surface area contributed by atoms with Crippen molar-refractivity contribution in [1.82, 2.24) is 4.31 Å². The predicted octanol–water partition coefficient (Wildman–Crippen LogP) is 5.58. The fraction of sp³-hybridized carbons (Fsp3) is 0.364. The van der Waals surface area contributed by atoms with Crippen LogP contribution in [0.25, 0.3) is 0 Å². The van der Waals surface area contributed by atoms with Crippen LogP contribution in [0.15, 0.2) is 59.5 Å². The third-order valence-electron chi connectivity index (χ3n) is 5.95. The number of halogens is 3. The first kappa shape index (κ1) is 20.9. The molecule has 0 aliphatic heterocycles. The Bertz CT molecular complexity index is 1020. The maximum Gasteiger partial charge on any atom is 0.243 e. The van der Waals surface area contributed by atoms with Crippen LogP contribution in [0.5, 0.6) is 0 Å². The summed E-state index contributed by atoms with van der Waals surface area (Å²) < 4.78 is 41.5. The Labute approximate surface area is 181 Å². The molecule has 3 unspecified atom stereocenters. The second kappa shape index (κ2) is 8.38. The molecule has 0 N–H and O–H groups in total. The molecule has 2 bridgehead atoms. The third kappa shape index (κ3) is 4.53. The number of hydrogen-bond donors (Lipinski definition) is 0. The molecular formula is C22H22Cl2FNO2S. The van der Waals surface area contributed by atoms with Crippen molar-refractivity contribution in [2.24, 2.45) is 17.8 Å². The van der Waals surface area contributed by atoms with E-state index < -0.39 is 15.8 Å². The molecule has 0 radical (unpaired) electrons. The van der Waals surface area contributed by atoms with Gasteiger partial charge in [0.2, 0.25) is 10.0 Å². The van der Waals surface area contributed by atoms with Crippen LogP contribution < -0.4 is 0 Å². The fourth-order valence-corrected chi connectivity index (χ4v) is 6.40. The van der Waals surface area contributed by atoms with Gasteiger partial charge in [0.1, 0.15) is 5.82 Å². The summed E-state index contributed by atoms with van der Waals surface area (Å²) in [7, 11) is -3.74. The molecule has 4 rings (SSSR count). The van der Waals surface area contributed by atoms with Crippen LogP contribution in [-0.2, 0) is 16.4 Å². The Morgan fingerprint density at radius 2 is 1.79 bits per heavy atom. The van der Waals surface area contributed by atoms with E-state index in [1.165, 1.54) is 28.6 Å². The van der Waals surface area contributed by atoms with E-state index in [0.29, 0.717) is 47.3 Å². The maximum atomic E-state index is 13.3. The molecule has 154 valence electrons. The van der Waals surface area contributed by atoms with Crippen molar-refractivity contribution in [2.45, 2.75) is 24.2 Å². The topological polar surface area (TPSA) is 37.4 Å². The van der Waals surface area contributed by atoms with Gasteiger partial charge in [-0.3, -0.25) is 0 Å². The highest BCUT2D eigenvalue weighted by Crippen LogP contribution is 2.44. The first-order valence-corrected chi connectivity index (χ1v) is 11.9. The molecule has 1 fully saturated rings. The summed E-state index contributed by atoms with van der Waals surface area (Å²) in [5.74, 6) is 0.846. The smallest absolute Gasteiger partial charge is 0.207 e. The molecule has 7 heteroatoms. The van der Waals surface area contributed by atoms with E-state index in [-0.39, 0.29) is 4.90 Å². The zero-order valence-corrected chi connectivity index (χ0v) is 18.1. The van der Waals surface area contributed by atoms with Gasteiger partial charge < -0.3 is 0 Å². The van der Waals surface area contributed by atoms with E-state index in [0.717, 1.165) is 18.4 Å². The van der Waals surface area contributed by atoms with Crippen LogP contribution >= 0.6 is 23.2 Å². The molecule has 2 aromatic carbocycles. The van der Waals surface area contributed by atoms with Gasteiger partial charge in [0.05, 0.1) is 4.90 Å². The number of allylic oxidation sites excluding steroid dienone is 2. The van der Waals surface area contributed by atoms with Gasteiger partial charge in [-0.05, 0) is 79.0 Å². The molecule has 29 heavy (non-hydrogen) atoms. The van der Waals surface area contributed by atoms with Crippen molar-refractivity contribution < 1.29 is 12.8 Å². The summed E-state index contributed by atoms with van der Waals surface area (Å²) in [4.78, 5) is 0.111. The SMILES string of the molecule is O=S(=O)(c1ccc(F)cc1)N(CCc1ccc(Cl)cc1Cl)CC1CC2C=CC1C2. The van der Waals surface area contributed by atoms with Crippen LogP contribution in [0.2, 0.25) is 10.0 Å². The minimum Gasteiger partial charge on any atom is -0.207 e. The first-order valence-electron chi connectivity index (χ1n) is 9.71. The van der Waals surface area contributed by atoms with Gasteiger partial charge in [0.25, 0.3) is 0 Å². The zero-order chi connectivity index (χ0) is 20.6. The van der Waals surface area contributed by atoms with E-state index in [1.54, 1.807) is 12.1 Å². The number of benzene rings is 2. The average Bonchev–Trinajstić information content (AvgIpc) is 3.29. The highest BCUT2D eigenvalue weighted by atomic mass is 35.5. The number of sulfonamides is 1. The summed E-state index contributed by atoms with van der Waals surface area (Å²) in [6.07, 6.45) is 7.06. The van der Waals surface area contributed by atoms with Crippen molar-refractivity contribution in [1.29, 1.82) is 0 Å². The second-order valence-corrected chi connectivity index (χ2v) is 10.6. The zero-order valence-electron chi connectivity index (χ0n) is 15.8. The first-order chi connectivity index (χ1) is 13.8. The van der Waals surface area contributed by atoms with Gasteiger partial charge in [0, 0.05) is 23.1 Å². The van der Waals surface area contributed by atoms with Crippen LogP contribution in [0, 0.1) is 23.6 Å².